The number of rotatable bonds is 8. The smallest absolute Gasteiger partial charge is 0.744 e. The molecule has 0 aliphatic carbocycles. The van der Waals surface area contributed by atoms with E-state index in [-0.39, 0.29) is 23.8 Å². The second kappa shape index (κ2) is 9.49. The average Bonchev–Trinajstić information content (AvgIpc) is 2.49. The van der Waals surface area contributed by atoms with Crippen molar-refractivity contribution in [3.05, 3.63) is 42.0 Å². The summed E-state index contributed by atoms with van der Waals surface area (Å²) >= 11 is 0. The number of hydrogen-bond acceptors (Lipinski definition) is 3. The molecule has 2 rings (SSSR count). The standard InChI is InChI=1S/C18H24O3S.Li/c1-2-3-4-5-6-7-11-16-14-13-15-10-8-9-12-17(15)18(16)22(19,20)21;/h8-10,12-14H,2-7,11H2,1H3,(H,19,20,21);/q;+1/p-1. The molecule has 0 atom stereocenters. The van der Waals surface area contributed by atoms with Crippen LogP contribution in [0.3, 0.4) is 0 Å². The van der Waals surface area contributed by atoms with Crippen molar-refractivity contribution in [2.75, 3.05) is 0 Å². The fourth-order valence-electron chi connectivity index (χ4n) is 2.88. The zero-order chi connectivity index (χ0) is 16.0. The van der Waals surface area contributed by atoms with Gasteiger partial charge in [0.2, 0.25) is 0 Å². The summed E-state index contributed by atoms with van der Waals surface area (Å²) in [6.45, 7) is 2.18. The summed E-state index contributed by atoms with van der Waals surface area (Å²) in [6, 6.07) is 10.8. The Morgan fingerprint density at radius 1 is 0.913 bits per heavy atom. The molecule has 0 N–H and O–H groups in total. The Morgan fingerprint density at radius 2 is 1.57 bits per heavy atom. The normalized spacial score (nSPS) is 11.4. The van der Waals surface area contributed by atoms with Gasteiger partial charge in [0.05, 0.1) is 4.90 Å². The van der Waals surface area contributed by atoms with E-state index in [0.29, 0.717) is 17.4 Å². The number of benzene rings is 2. The van der Waals surface area contributed by atoms with Crippen LogP contribution in [-0.4, -0.2) is 13.0 Å². The van der Waals surface area contributed by atoms with Crippen LogP contribution in [0.5, 0.6) is 0 Å². The van der Waals surface area contributed by atoms with E-state index in [1.54, 1.807) is 18.2 Å². The van der Waals surface area contributed by atoms with E-state index in [1.807, 2.05) is 18.2 Å². The van der Waals surface area contributed by atoms with Crippen LogP contribution in [0.2, 0.25) is 0 Å². The van der Waals surface area contributed by atoms with E-state index in [4.69, 9.17) is 0 Å². The van der Waals surface area contributed by atoms with Crippen molar-refractivity contribution in [1.29, 1.82) is 0 Å². The van der Waals surface area contributed by atoms with E-state index < -0.39 is 10.1 Å². The van der Waals surface area contributed by atoms with Crippen molar-refractivity contribution in [2.45, 2.75) is 56.8 Å². The molecule has 0 heterocycles. The van der Waals surface area contributed by atoms with E-state index in [9.17, 15) is 13.0 Å². The van der Waals surface area contributed by atoms with Crippen molar-refractivity contribution in [1.82, 2.24) is 0 Å². The molecule has 0 radical (unpaired) electrons. The second-order valence-electron chi connectivity index (χ2n) is 5.75. The molecule has 3 nitrogen and oxygen atoms in total. The van der Waals surface area contributed by atoms with Crippen molar-refractivity contribution in [2.24, 2.45) is 0 Å². The van der Waals surface area contributed by atoms with Gasteiger partial charge in [-0.1, -0.05) is 75.4 Å². The number of hydrogen-bond donors (Lipinski definition) is 0. The van der Waals surface area contributed by atoms with Crippen molar-refractivity contribution >= 4 is 20.9 Å². The van der Waals surface area contributed by atoms with E-state index in [0.717, 1.165) is 18.2 Å². The molecular formula is C18H23LiO3S. The van der Waals surface area contributed by atoms with Crippen LogP contribution in [0.4, 0.5) is 0 Å². The maximum Gasteiger partial charge on any atom is 1.00 e. The Kier molecular flexibility index (Phi) is 8.36. The van der Waals surface area contributed by atoms with Gasteiger partial charge < -0.3 is 4.55 Å². The summed E-state index contributed by atoms with van der Waals surface area (Å²) in [7, 11) is -4.46. The van der Waals surface area contributed by atoms with E-state index in [2.05, 4.69) is 6.92 Å². The van der Waals surface area contributed by atoms with Crippen LogP contribution in [0.25, 0.3) is 10.8 Å². The molecule has 120 valence electrons. The Morgan fingerprint density at radius 3 is 2.26 bits per heavy atom. The Balaban J connectivity index is 0.00000264. The van der Waals surface area contributed by atoms with Crippen molar-refractivity contribution in [3.63, 3.8) is 0 Å². The third-order valence-corrected chi connectivity index (χ3v) is 4.99. The van der Waals surface area contributed by atoms with Gasteiger partial charge in [0.15, 0.2) is 0 Å². The van der Waals surface area contributed by atoms with Gasteiger partial charge in [0.25, 0.3) is 0 Å². The molecular weight excluding hydrogens is 303 g/mol. The molecule has 0 amide bonds. The topological polar surface area (TPSA) is 57.2 Å². The molecule has 5 heteroatoms. The molecule has 2 aromatic rings. The fraction of sp³-hybridized carbons (Fsp3) is 0.444. The summed E-state index contributed by atoms with van der Waals surface area (Å²) in [5.41, 5.74) is 0.657. The summed E-state index contributed by atoms with van der Waals surface area (Å²) in [6.07, 6.45) is 7.49. The molecule has 0 fully saturated rings. The summed E-state index contributed by atoms with van der Waals surface area (Å²) in [5, 5.41) is 1.34. The van der Waals surface area contributed by atoms with Gasteiger partial charge >= 0.3 is 18.9 Å². The zero-order valence-electron chi connectivity index (χ0n) is 14.0. The minimum atomic E-state index is -4.46. The Labute approximate surface area is 151 Å². The van der Waals surface area contributed by atoms with Crippen LogP contribution >= 0.6 is 0 Å². The molecule has 0 spiro atoms. The predicted molar refractivity (Wildman–Crippen MR) is 89.0 cm³/mol. The van der Waals surface area contributed by atoms with Gasteiger partial charge in [-0.2, -0.15) is 0 Å². The number of unbranched alkanes of at least 4 members (excludes halogenated alkanes) is 5. The van der Waals surface area contributed by atoms with Crippen LogP contribution < -0.4 is 18.9 Å². The summed E-state index contributed by atoms with van der Waals surface area (Å²) < 4.78 is 35.1. The molecule has 0 aliphatic heterocycles. The van der Waals surface area contributed by atoms with Gasteiger partial charge in [-0.3, -0.25) is 0 Å². The minimum absolute atomic E-state index is 0. The predicted octanol–water partition coefficient (Wildman–Crippen LogP) is 1.65. The monoisotopic (exact) mass is 326 g/mol. The molecule has 0 aliphatic rings. The largest absolute Gasteiger partial charge is 1.00 e. The molecule has 0 aromatic heterocycles. The first-order valence-corrected chi connectivity index (χ1v) is 9.41. The van der Waals surface area contributed by atoms with Crippen LogP contribution in [0.1, 0.15) is 51.0 Å². The van der Waals surface area contributed by atoms with Gasteiger partial charge in [0, 0.05) is 0 Å². The van der Waals surface area contributed by atoms with E-state index >= 15 is 0 Å². The average molecular weight is 326 g/mol. The fourth-order valence-corrected chi connectivity index (χ4v) is 3.82. The summed E-state index contributed by atoms with van der Waals surface area (Å²) in [4.78, 5) is -0.0286. The molecule has 0 saturated carbocycles. The Bertz CT molecular complexity index is 726. The van der Waals surface area contributed by atoms with Gasteiger partial charge in [0.1, 0.15) is 10.1 Å². The number of fused-ring (bicyclic) bond motifs is 1. The Hall–Kier alpha value is -0.793. The van der Waals surface area contributed by atoms with Gasteiger partial charge in [-0.05, 0) is 29.2 Å². The second-order valence-corrected chi connectivity index (χ2v) is 7.06. The molecule has 0 saturated heterocycles. The molecule has 0 bridgehead atoms. The van der Waals surface area contributed by atoms with Crippen molar-refractivity contribution in [3.8, 4) is 0 Å². The first-order chi connectivity index (χ1) is 10.5. The first kappa shape index (κ1) is 20.3. The number of aryl methyl sites for hydroxylation is 1. The van der Waals surface area contributed by atoms with Crippen LogP contribution in [0, 0.1) is 0 Å². The van der Waals surface area contributed by atoms with Gasteiger partial charge in [-0.25, -0.2) is 8.42 Å². The van der Waals surface area contributed by atoms with E-state index in [1.165, 1.54) is 25.7 Å². The molecule has 23 heavy (non-hydrogen) atoms. The van der Waals surface area contributed by atoms with Gasteiger partial charge in [-0.15, -0.1) is 0 Å². The SMILES string of the molecule is CCCCCCCCc1ccc2ccccc2c1S(=O)(=O)[O-].[Li+]. The molecule has 0 unspecified atom stereocenters. The quantitative estimate of drug-likeness (QED) is 0.421. The third-order valence-electron chi connectivity index (χ3n) is 4.01. The van der Waals surface area contributed by atoms with Crippen molar-refractivity contribution < 1.29 is 31.8 Å². The summed E-state index contributed by atoms with van der Waals surface area (Å²) in [5.74, 6) is 0. The zero-order valence-corrected chi connectivity index (χ0v) is 14.9. The van der Waals surface area contributed by atoms with Crippen LogP contribution in [-0.2, 0) is 16.5 Å². The first-order valence-electron chi connectivity index (χ1n) is 8.00. The minimum Gasteiger partial charge on any atom is -0.744 e. The maximum atomic E-state index is 11.7. The third kappa shape index (κ3) is 5.65. The maximum absolute atomic E-state index is 11.7. The molecule has 2 aromatic carbocycles. The van der Waals surface area contributed by atoms with Crippen LogP contribution in [0.15, 0.2) is 41.3 Å².